The molecule has 0 bridgehead atoms. The first-order valence-corrected chi connectivity index (χ1v) is 6.40. The minimum Gasteiger partial charge on any atom is -0.497 e. The predicted octanol–water partition coefficient (Wildman–Crippen LogP) is 3.84. The fraction of sp³-hybridized carbons (Fsp3) is 0.467. The first kappa shape index (κ1) is 14.7. The molecule has 1 unspecified atom stereocenters. The Balaban J connectivity index is 2.85. The van der Waals surface area contributed by atoms with Gasteiger partial charge in [0.1, 0.15) is 11.6 Å². The molecule has 0 radical (unpaired) electrons. The number of nitrogens with one attached hydrogen (secondary N) is 1. The number of ether oxygens (including phenoxy) is 1. The lowest BCUT2D eigenvalue weighted by Gasteiger charge is -2.19. The number of benzene rings is 1. The van der Waals surface area contributed by atoms with E-state index in [1.165, 1.54) is 6.07 Å². The van der Waals surface area contributed by atoms with Gasteiger partial charge in [-0.2, -0.15) is 0 Å². The van der Waals surface area contributed by atoms with Crippen LogP contribution in [0.2, 0.25) is 0 Å². The summed E-state index contributed by atoms with van der Waals surface area (Å²) in [7, 11) is 1.54. The van der Waals surface area contributed by atoms with Crippen molar-refractivity contribution in [3.63, 3.8) is 0 Å². The number of allylic oxidation sites excluding steroid dienone is 1. The van der Waals surface area contributed by atoms with E-state index in [9.17, 15) is 4.39 Å². The molecule has 1 atom stereocenters. The van der Waals surface area contributed by atoms with Gasteiger partial charge in [-0.25, -0.2) is 4.39 Å². The standard InChI is InChI=1S/C15H22FNO/c1-4-6-7-15(17-10-5-2)13-9-8-12(18-3)11-14(13)16/h4,8-9,11,15,17H,1,5-7,10H2,2-3H3. The van der Waals surface area contributed by atoms with E-state index in [1.807, 2.05) is 6.08 Å². The lowest BCUT2D eigenvalue weighted by molar-refractivity contribution is 0.408. The number of hydrogen-bond acceptors (Lipinski definition) is 2. The third kappa shape index (κ3) is 4.15. The van der Waals surface area contributed by atoms with Crippen molar-refractivity contribution in [1.29, 1.82) is 0 Å². The summed E-state index contributed by atoms with van der Waals surface area (Å²) in [6, 6.07) is 5.07. The van der Waals surface area contributed by atoms with Gasteiger partial charge in [0.2, 0.25) is 0 Å². The second-order valence-electron chi connectivity index (χ2n) is 4.26. The Labute approximate surface area is 109 Å². The summed E-state index contributed by atoms with van der Waals surface area (Å²) in [5, 5.41) is 3.37. The van der Waals surface area contributed by atoms with Crippen LogP contribution in [-0.2, 0) is 0 Å². The Hall–Kier alpha value is -1.35. The molecule has 1 rings (SSSR count). The lowest BCUT2D eigenvalue weighted by Crippen LogP contribution is -2.23. The zero-order valence-electron chi connectivity index (χ0n) is 11.2. The van der Waals surface area contributed by atoms with E-state index in [2.05, 4.69) is 18.8 Å². The molecule has 100 valence electrons. The summed E-state index contributed by atoms with van der Waals surface area (Å²) in [6.45, 7) is 6.70. The summed E-state index contributed by atoms with van der Waals surface area (Å²) in [6.07, 6.45) is 4.62. The Morgan fingerprint density at radius 3 is 2.83 bits per heavy atom. The molecule has 1 aromatic rings. The molecule has 18 heavy (non-hydrogen) atoms. The second kappa shape index (κ2) is 7.88. The van der Waals surface area contributed by atoms with E-state index < -0.39 is 0 Å². The molecule has 0 aliphatic heterocycles. The normalized spacial score (nSPS) is 12.2. The van der Waals surface area contributed by atoms with E-state index >= 15 is 0 Å². The summed E-state index contributed by atoms with van der Waals surface area (Å²) < 4.78 is 19.0. The third-order valence-electron chi connectivity index (χ3n) is 2.88. The van der Waals surface area contributed by atoms with Crippen LogP contribution in [0.25, 0.3) is 0 Å². The third-order valence-corrected chi connectivity index (χ3v) is 2.88. The molecule has 0 heterocycles. The van der Waals surface area contributed by atoms with Crippen LogP contribution in [0.15, 0.2) is 30.9 Å². The van der Waals surface area contributed by atoms with Crippen LogP contribution in [0, 0.1) is 5.82 Å². The second-order valence-corrected chi connectivity index (χ2v) is 4.26. The van der Waals surface area contributed by atoms with Gasteiger partial charge >= 0.3 is 0 Å². The van der Waals surface area contributed by atoms with E-state index in [0.717, 1.165) is 25.8 Å². The summed E-state index contributed by atoms with van der Waals surface area (Å²) in [5.41, 5.74) is 0.700. The van der Waals surface area contributed by atoms with Crippen molar-refractivity contribution in [2.45, 2.75) is 32.2 Å². The largest absolute Gasteiger partial charge is 0.497 e. The molecule has 0 aliphatic carbocycles. The quantitative estimate of drug-likeness (QED) is 0.709. The Kier molecular flexibility index (Phi) is 6.44. The van der Waals surface area contributed by atoms with Crippen molar-refractivity contribution in [2.75, 3.05) is 13.7 Å². The van der Waals surface area contributed by atoms with Gasteiger partial charge in [-0.05, 0) is 31.9 Å². The Bertz CT molecular complexity index is 379. The van der Waals surface area contributed by atoms with E-state index in [4.69, 9.17) is 4.74 Å². The smallest absolute Gasteiger partial charge is 0.131 e. The van der Waals surface area contributed by atoms with Crippen LogP contribution < -0.4 is 10.1 Å². The average molecular weight is 251 g/mol. The van der Waals surface area contributed by atoms with Crippen molar-refractivity contribution < 1.29 is 9.13 Å². The first-order valence-electron chi connectivity index (χ1n) is 6.40. The van der Waals surface area contributed by atoms with E-state index in [1.54, 1.807) is 19.2 Å². The van der Waals surface area contributed by atoms with E-state index in [0.29, 0.717) is 11.3 Å². The number of halogens is 1. The van der Waals surface area contributed by atoms with Crippen molar-refractivity contribution in [3.8, 4) is 5.75 Å². The van der Waals surface area contributed by atoms with Gasteiger partial charge in [0, 0.05) is 17.7 Å². The van der Waals surface area contributed by atoms with Crippen LogP contribution in [0.1, 0.15) is 37.8 Å². The maximum Gasteiger partial charge on any atom is 0.131 e. The minimum absolute atomic E-state index is 0.0360. The highest BCUT2D eigenvalue weighted by Gasteiger charge is 2.14. The molecule has 1 N–H and O–H groups in total. The van der Waals surface area contributed by atoms with Gasteiger partial charge < -0.3 is 10.1 Å². The summed E-state index contributed by atoms with van der Waals surface area (Å²) >= 11 is 0. The summed E-state index contributed by atoms with van der Waals surface area (Å²) in [5.74, 6) is 0.334. The van der Waals surface area contributed by atoms with Crippen molar-refractivity contribution >= 4 is 0 Å². The zero-order chi connectivity index (χ0) is 13.4. The Morgan fingerprint density at radius 1 is 1.50 bits per heavy atom. The highest BCUT2D eigenvalue weighted by atomic mass is 19.1. The van der Waals surface area contributed by atoms with Crippen molar-refractivity contribution in [1.82, 2.24) is 5.32 Å². The molecule has 3 heteroatoms. The predicted molar refractivity (Wildman–Crippen MR) is 73.4 cm³/mol. The molecule has 0 aromatic heterocycles. The molecule has 0 fully saturated rings. The molecule has 0 aliphatic rings. The minimum atomic E-state index is -0.216. The molecular formula is C15H22FNO. The maximum absolute atomic E-state index is 14.0. The fourth-order valence-electron chi connectivity index (χ4n) is 1.89. The van der Waals surface area contributed by atoms with Crippen LogP contribution in [0.3, 0.4) is 0 Å². The highest BCUT2D eigenvalue weighted by Crippen LogP contribution is 2.25. The van der Waals surface area contributed by atoms with Crippen LogP contribution >= 0.6 is 0 Å². The molecule has 0 amide bonds. The van der Waals surface area contributed by atoms with Crippen LogP contribution in [-0.4, -0.2) is 13.7 Å². The molecule has 0 saturated heterocycles. The SMILES string of the molecule is C=CCCC(NCCC)c1ccc(OC)cc1F. The first-order chi connectivity index (χ1) is 8.72. The van der Waals surface area contributed by atoms with Crippen LogP contribution in [0.4, 0.5) is 4.39 Å². The van der Waals surface area contributed by atoms with E-state index in [-0.39, 0.29) is 11.9 Å². The van der Waals surface area contributed by atoms with Gasteiger partial charge in [0.25, 0.3) is 0 Å². The van der Waals surface area contributed by atoms with Gasteiger partial charge in [-0.1, -0.05) is 19.1 Å². The molecular weight excluding hydrogens is 229 g/mol. The Morgan fingerprint density at radius 2 is 2.28 bits per heavy atom. The fourth-order valence-corrected chi connectivity index (χ4v) is 1.89. The summed E-state index contributed by atoms with van der Waals surface area (Å²) in [4.78, 5) is 0. The van der Waals surface area contributed by atoms with Crippen molar-refractivity contribution in [2.24, 2.45) is 0 Å². The highest BCUT2D eigenvalue weighted by molar-refractivity contribution is 5.30. The average Bonchev–Trinajstić information content (AvgIpc) is 2.39. The monoisotopic (exact) mass is 251 g/mol. The zero-order valence-corrected chi connectivity index (χ0v) is 11.2. The molecule has 0 saturated carbocycles. The van der Waals surface area contributed by atoms with Gasteiger partial charge in [-0.3, -0.25) is 0 Å². The molecule has 0 spiro atoms. The van der Waals surface area contributed by atoms with Gasteiger partial charge in [-0.15, -0.1) is 6.58 Å². The van der Waals surface area contributed by atoms with Gasteiger partial charge in [0.05, 0.1) is 7.11 Å². The molecule has 1 aromatic carbocycles. The van der Waals surface area contributed by atoms with Gasteiger partial charge in [0.15, 0.2) is 0 Å². The van der Waals surface area contributed by atoms with Crippen molar-refractivity contribution in [3.05, 3.63) is 42.2 Å². The number of rotatable bonds is 8. The number of methoxy groups -OCH3 is 1. The number of hydrogen-bond donors (Lipinski definition) is 1. The maximum atomic E-state index is 14.0. The topological polar surface area (TPSA) is 21.3 Å². The lowest BCUT2D eigenvalue weighted by atomic mass is 10.0. The van der Waals surface area contributed by atoms with Crippen LogP contribution in [0.5, 0.6) is 5.75 Å². The molecule has 2 nitrogen and oxygen atoms in total.